The summed E-state index contributed by atoms with van der Waals surface area (Å²) in [5.74, 6) is 0.508. The van der Waals surface area contributed by atoms with Gasteiger partial charge in [-0.05, 0) is 13.0 Å². The zero-order valence-corrected chi connectivity index (χ0v) is 9.43. The smallest absolute Gasteiger partial charge is 0.492 e. The first-order valence-corrected chi connectivity index (χ1v) is 5.41. The molecule has 0 atom stereocenters. The fourth-order valence-electron chi connectivity index (χ4n) is 1.31. The highest BCUT2D eigenvalue weighted by Gasteiger charge is 2.15. The molecular formula is C11H17BO4. The molecule has 0 aliphatic carbocycles. The molecule has 1 aromatic rings. The van der Waals surface area contributed by atoms with Crippen LogP contribution in [0.5, 0.6) is 5.75 Å². The van der Waals surface area contributed by atoms with Gasteiger partial charge in [0.15, 0.2) is 0 Å². The van der Waals surface area contributed by atoms with E-state index in [1.807, 2.05) is 6.92 Å². The zero-order valence-electron chi connectivity index (χ0n) is 9.43. The molecule has 0 amide bonds. The summed E-state index contributed by atoms with van der Waals surface area (Å²) >= 11 is 0. The van der Waals surface area contributed by atoms with Crippen molar-refractivity contribution < 1.29 is 19.5 Å². The summed E-state index contributed by atoms with van der Waals surface area (Å²) in [7, 11) is -1.50. The molecule has 0 aliphatic rings. The number of ether oxygens (including phenoxy) is 2. The van der Waals surface area contributed by atoms with Gasteiger partial charge in [0.25, 0.3) is 0 Å². The van der Waals surface area contributed by atoms with Gasteiger partial charge in [-0.2, -0.15) is 0 Å². The van der Waals surface area contributed by atoms with E-state index in [0.717, 1.165) is 6.42 Å². The summed E-state index contributed by atoms with van der Waals surface area (Å²) in [4.78, 5) is 0. The molecule has 0 fully saturated rings. The van der Waals surface area contributed by atoms with Crippen LogP contribution in [0.15, 0.2) is 24.3 Å². The topological polar surface area (TPSA) is 58.9 Å². The predicted molar refractivity (Wildman–Crippen MR) is 62.9 cm³/mol. The summed E-state index contributed by atoms with van der Waals surface area (Å²) < 4.78 is 10.6. The molecule has 16 heavy (non-hydrogen) atoms. The van der Waals surface area contributed by atoms with Gasteiger partial charge in [-0.3, -0.25) is 0 Å². The third-order valence-electron chi connectivity index (χ3n) is 2.09. The molecule has 1 rings (SSSR count). The Morgan fingerprint density at radius 1 is 1.19 bits per heavy atom. The Morgan fingerprint density at radius 3 is 2.62 bits per heavy atom. The highest BCUT2D eigenvalue weighted by atomic mass is 16.5. The van der Waals surface area contributed by atoms with E-state index < -0.39 is 7.12 Å². The Kier molecular flexibility index (Phi) is 5.92. The maximum atomic E-state index is 9.10. The molecule has 0 unspecified atom stereocenters. The van der Waals surface area contributed by atoms with Crippen LogP contribution in [0.25, 0.3) is 0 Å². The van der Waals surface area contributed by atoms with Crippen LogP contribution in [0.2, 0.25) is 0 Å². The van der Waals surface area contributed by atoms with Crippen LogP contribution < -0.4 is 10.2 Å². The summed E-state index contributed by atoms with van der Waals surface area (Å²) in [5, 5.41) is 18.2. The number of para-hydroxylation sites is 1. The van der Waals surface area contributed by atoms with E-state index in [2.05, 4.69) is 0 Å². The van der Waals surface area contributed by atoms with Crippen LogP contribution in [0.1, 0.15) is 13.3 Å². The summed E-state index contributed by atoms with van der Waals surface area (Å²) in [6, 6.07) is 6.88. The number of rotatable bonds is 7. The monoisotopic (exact) mass is 224 g/mol. The van der Waals surface area contributed by atoms with Crippen molar-refractivity contribution in [1.29, 1.82) is 0 Å². The molecule has 0 saturated carbocycles. The molecule has 0 bridgehead atoms. The molecule has 0 heterocycles. The van der Waals surface area contributed by atoms with Crippen LogP contribution in [-0.2, 0) is 4.74 Å². The van der Waals surface area contributed by atoms with Crippen LogP contribution in [-0.4, -0.2) is 37.0 Å². The highest BCUT2D eigenvalue weighted by molar-refractivity contribution is 6.59. The summed E-state index contributed by atoms with van der Waals surface area (Å²) in [5.41, 5.74) is 0.388. The van der Waals surface area contributed by atoms with E-state index in [-0.39, 0.29) is 0 Å². The minimum atomic E-state index is -1.50. The van der Waals surface area contributed by atoms with Crippen LogP contribution in [0.3, 0.4) is 0 Å². The van der Waals surface area contributed by atoms with Gasteiger partial charge < -0.3 is 19.5 Å². The first-order chi connectivity index (χ1) is 7.75. The lowest BCUT2D eigenvalue weighted by atomic mass is 9.79. The van der Waals surface area contributed by atoms with Gasteiger partial charge in [0, 0.05) is 25.1 Å². The van der Waals surface area contributed by atoms with Crippen LogP contribution in [0.4, 0.5) is 0 Å². The van der Waals surface area contributed by atoms with Gasteiger partial charge in [-0.25, -0.2) is 0 Å². The van der Waals surface area contributed by atoms with Gasteiger partial charge in [-0.15, -0.1) is 0 Å². The number of hydrogen-bond donors (Lipinski definition) is 2. The minimum Gasteiger partial charge on any atom is -0.494 e. The fourth-order valence-corrected chi connectivity index (χ4v) is 1.31. The average Bonchev–Trinajstić information content (AvgIpc) is 2.29. The van der Waals surface area contributed by atoms with Crippen molar-refractivity contribution in [3.63, 3.8) is 0 Å². The second kappa shape index (κ2) is 7.27. The SMILES string of the molecule is CCOCCCOc1ccccc1B(O)O. The zero-order chi connectivity index (χ0) is 11.8. The number of hydrogen-bond acceptors (Lipinski definition) is 4. The lowest BCUT2D eigenvalue weighted by molar-refractivity contribution is 0.131. The molecule has 88 valence electrons. The Balaban J connectivity index is 2.41. The van der Waals surface area contributed by atoms with Crippen molar-refractivity contribution in [2.24, 2.45) is 0 Å². The van der Waals surface area contributed by atoms with Gasteiger partial charge in [0.2, 0.25) is 0 Å². The van der Waals surface area contributed by atoms with E-state index in [4.69, 9.17) is 19.5 Å². The normalized spacial score (nSPS) is 10.2. The van der Waals surface area contributed by atoms with Crippen molar-refractivity contribution in [2.75, 3.05) is 19.8 Å². The Labute approximate surface area is 96.0 Å². The fraction of sp³-hybridized carbons (Fsp3) is 0.455. The molecular weight excluding hydrogens is 207 g/mol. The van der Waals surface area contributed by atoms with E-state index >= 15 is 0 Å². The molecule has 0 aliphatic heterocycles. The average molecular weight is 224 g/mol. The van der Waals surface area contributed by atoms with Crippen LogP contribution >= 0.6 is 0 Å². The van der Waals surface area contributed by atoms with E-state index in [1.54, 1.807) is 24.3 Å². The Morgan fingerprint density at radius 2 is 1.94 bits per heavy atom. The maximum absolute atomic E-state index is 9.10. The lowest BCUT2D eigenvalue weighted by Gasteiger charge is -2.10. The molecule has 0 radical (unpaired) electrons. The molecule has 5 heteroatoms. The molecule has 1 aromatic carbocycles. The van der Waals surface area contributed by atoms with Gasteiger partial charge in [-0.1, -0.05) is 18.2 Å². The standard InChI is InChI=1S/C11H17BO4/c1-2-15-8-5-9-16-11-7-4-3-6-10(11)12(13)14/h3-4,6-7,13-14H,2,5,8-9H2,1H3. The largest absolute Gasteiger partial charge is 0.494 e. The number of benzene rings is 1. The van der Waals surface area contributed by atoms with Crippen LogP contribution in [0, 0.1) is 0 Å². The van der Waals surface area contributed by atoms with Gasteiger partial charge >= 0.3 is 7.12 Å². The first kappa shape index (κ1) is 13.0. The predicted octanol–water partition coefficient (Wildman–Crippen LogP) is 0.172. The van der Waals surface area contributed by atoms with Crippen molar-refractivity contribution in [2.45, 2.75) is 13.3 Å². The highest BCUT2D eigenvalue weighted by Crippen LogP contribution is 2.07. The van der Waals surface area contributed by atoms with Gasteiger partial charge in [0.05, 0.1) is 6.61 Å². The van der Waals surface area contributed by atoms with E-state index in [9.17, 15) is 0 Å². The van der Waals surface area contributed by atoms with Crippen molar-refractivity contribution in [3.8, 4) is 5.75 Å². The first-order valence-electron chi connectivity index (χ1n) is 5.41. The second-order valence-electron chi connectivity index (χ2n) is 3.31. The molecule has 0 spiro atoms. The third-order valence-corrected chi connectivity index (χ3v) is 2.09. The Hall–Kier alpha value is -1.04. The third kappa shape index (κ3) is 4.22. The van der Waals surface area contributed by atoms with E-state index in [1.165, 1.54) is 0 Å². The minimum absolute atomic E-state index is 0.388. The summed E-state index contributed by atoms with van der Waals surface area (Å²) in [6.07, 6.45) is 0.781. The second-order valence-corrected chi connectivity index (χ2v) is 3.31. The quantitative estimate of drug-likeness (QED) is 0.512. The van der Waals surface area contributed by atoms with Gasteiger partial charge in [0.1, 0.15) is 5.75 Å². The molecule has 4 nitrogen and oxygen atoms in total. The van der Waals surface area contributed by atoms with Crippen molar-refractivity contribution in [1.82, 2.24) is 0 Å². The van der Waals surface area contributed by atoms with E-state index in [0.29, 0.717) is 31.0 Å². The van der Waals surface area contributed by atoms with Crippen molar-refractivity contribution >= 4 is 12.6 Å². The molecule has 2 N–H and O–H groups in total. The summed E-state index contributed by atoms with van der Waals surface area (Å²) in [6.45, 7) is 3.80. The Bertz CT molecular complexity index is 304. The van der Waals surface area contributed by atoms with Crippen molar-refractivity contribution in [3.05, 3.63) is 24.3 Å². The maximum Gasteiger partial charge on any atom is 0.492 e. The molecule has 0 aromatic heterocycles. The lowest BCUT2D eigenvalue weighted by Crippen LogP contribution is -2.31. The molecule has 0 saturated heterocycles.